The highest BCUT2D eigenvalue weighted by atomic mass is 35.5. The van der Waals surface area contributed by atoms with Gasteiger partial charge in [0.15, 0.2) is 15.5 Å². The average molecular weight is 664 g/mol. The van der Waals surface area contributed by atoms with Gasteiger partial charge in [0.25, 0.3) is 0 Å². The molecule has 1 saturated heterocycles. The van der Waals surface area contributed by atoms with Crippen LogP contribution in [0.15, 0.2) is 71.9 Å². The molecule has 1 fully saturated rings. The van der Waals surface area contributed by atoms with Gasteiger partial charge in [-0.3, -0.25) is 0 Å². The highest BCUT2D eigenvalue weighted by Gasteiger charge is 2.50. The summed E-state index contributed by atoms with van der Waals surface area (Å²) < 4.78 is 58.7. The lowest BCUT2D eigenvalue weighted by atomic mass is 9.84. The highest BCUT2D eigenvalue weighted by Crippen LogP contribution is 2.46. The van der Waals surface area contributed by atoms with Crippen molar-refractivity contribution >= 4 is 38.6 Å². The van der Waals surface area contributed by atoms with Gasteiger partial charge in [-0.25, -0.2) is 27.2 Å². The predicted molar refractivity (Wildman–Crippen MR) is 177 cm³/mol. The molecule has 0 N–H and O–H groups in total. The lowest BCUT2D eigenvalue weighted by molar-refractivity contribution is 0.405. The van der Waals surface area contributed by atoms with Gasteiger partial charge in [0.1, 0.15) is 21.9 Å². The first-order valence-electron chi connectivity index (χ1n) is 15.2. The minimum Gasteiger partial charge on any atom is -0.341 e. The number of fused-ring (bicyclic) bond motifs is 1. The first-order chi connectivity index (χ1) is 21.7. The lowest BCUT2D eigenvalue weighted by Crippen LogP contribution is -2.48. The summed E-state index contributed by atoms with van der Waals surface area (Å²) in [5, 5.41) is 0.373. The second-order valence-corrected chi connectivity index (χ2v) is 15.8. The van der Waals surface area contributed by atoms with Crippen LogP contribution in [0.4, 0.5) is 14.7 Å². The molecule has 0 radical (unpaired) electrons. The summed E-state index contributed by atoms with van der Waals surface area (Å²) in [5.74, 6) is -1.05. The van der Waals surface area contributed by atoms with Gasteiger partial charge in [0, 0.05) is 37.1 Å². The lowest BCUT2D eigenvalue weighted by Gasteiger charge is -2.41. The Bertz CT molecular complexity index is 2050. The monoisotopic (exact) mass is 663 g/mol. The van der Waals surface area contributed by atoms with Crippen molar-refractivity contribution in [2.75, 3.05) is 18.0 Å². The summed E-state index contributed by atoms with van der Waals surface area (Å²) in [6.45, 7) is 9.02. The normalized spacial score (nSPS) is 15.4. The Labute approximate surface area is 273 Å². The van der Waals surface area contributed by atoms with Crippen LogP contribution in [0.1, 0.15) is 61.6 Å². The Morgan fingerprint density at radius 1 is 0.957 bits per heavy atom. The molecular weight excluding hydrogens is 628 g/mol. The molecule has 0 spiro atoms. The van der Waals surface area contributed by atoms with Crippen molar-refractivity contribution in [2.45, 2.75) is 62.0 Å². The second kappa shape index (κ2) is 11.7. The summed E-state index contributed by atoms with van der Waals surface area (Å²) in [5.41, 5.74) is 5.48. The van der Waals surface area contributed by atoms with E-state index in [0.717, 1.165) is 40.5 Å². The molecule has 1 aliphatic rings. The fourth-order valence-corrected chi connectivity index (χ4v) is 8.57. The topological polar surface area (TPSA) is 81.0 Å². The quantitative estimate of drug-likeness (QED) is 0.188. The zero-order valence-electron chi connectivity index (χ0n) is 26.5. The molecule has 2 aromatic heterocycles. The van der Waals surface area contributed by atoms with E-state index in [2.05, 4.69) is 50.9 Å². The number of benzene rings is 3. The van der Waals surface area contributed by atoms with E-state index >= 15 is 4.39 Å². The summed E-state index contributed by atoms with van der Waals surface area (Å²) >= 11 is 6.04. The van der Waals surface area contributed by atoms with Crippen LogP contribution in [0.2, 0.25) is 5.02 Å². The SMILES string of the molecule is Cc1ccc(C(C)(C)C)cc1Cc1nc(N2CCC(c3cc(F)ccc3F)(S(=O)(=O)c3ccc(Cl)cc3)CC2)nc2ncn(C)c12. The second-order valence-electron chi connectivity index (χ2n) is 13.1. The maximum atomic E-state index is 15.4. The number of sulfone groups is 1. The molecular formula is C35H36ClF2N5O2S. The number of halogens is 3. The van der Waals surface area contributed by atoms with Gasteiger partial charge in [0.2, 0.25) is 5.95 Å². The van der Waals surface area contributed by atoms with E-state index in [-0.39, 0.29) is 41.8 Å². The van der Waals surface area contributed by atoms with Crippen LogP contribution in [0.3, 0.4) is 0 Å². The van der Waals surface area contributed by atoms with E-state index in [0.29, 0.717) is 23.0 Å². The zero-order chi connectivity index (χ0) is 33.0. The van der Waals surface area contributed by atoms with Crippen LogP contribution < -0.4 is 4.90 Å². The largest absolute Gasteiger partial charge is 0.341 e. The molecule has 3 heterocycles. The molecule has 5 aromatic rings. The van der Waals surface area contributed by atoms with Crippen molar-refractivity contribution in [1.82, 2.24) is 19.5 Å². The third-order valence-electron chi connectivity index (χ3n) is 9.12. The molecule has 6 rings (SSSR count). The molecule has 0 unspecified atom stereocenters. The van der Waals surface area contributed by atoms with Gasteiger partial charge >= 0.3 is 0 Å². The maximum absolute atomic E-state index is 15.4. The number of rotatable bonds is 6. The van der Waals surface area contributed by atoms with E-state index in [1.54, 1.807) is 6.33 Å². The third-order valence-corrected chi connectivity index (χ3v) is 11.9. The van der Waals surface area contributed by atoms with Crippen molar-refractivity contribution in [1.29, 1.82) is 0 Å². The number of hydrogen-bond acceptors (Lipinski definition) is 6. The number of hydrogen-bond donors (Lipinski definition) is 0. The van der Waals surface area contributed by atoms with Gasteiger partial charge in [-0.1, -0.05) is 50.6 Å². The van der Waals surface area contributed by atoms with Gasteiger partial charge in [-0.05, 0) is 84.3 Å². The first-order valence-corrected chi connectivity index (χ1v) is 17.0. The number of aromatic nitrogens is 4. The summed E-state index contributed by atoms with van der Waals surface area (Å²) in [4.78, 5) is 16.2. The molecule has 11 heteroatoms. The molecule has 3 aromatic carbocycles. The summed E-state index contributed by atoms with van der Waals surface area (Å²) in [6, 6.07) is 15.3. The fourth-order valence-electron chi connectivity index (χ4n) is 6.34. The number of aryl methyl sites for hydroxylation is 2. The number of piperidine rings is 1. The van der Waals surface area contributed by atoms with Gasteiger partial charge in [-0.2, -0.15) is 4.98 Å². The van der Waals surface area contributed by atoms with Crippen LogP contribution in [0, 0.1) is 18.6 Å². The molecule has 0 saturated carbocycles. The van der Waals surface area contributed by atoms with Crippen molar-refractivity contribution in [2.24, 2.45) is 7.05 Å². The molecule has 46 heavy (non-hydrogen) atoms. The number of nitrogens with zero attached hydrogens (tertiary/aromatic N) is 5. The Morgan fingerprint density at radius 2 is 1.65 bits per heavy atom. The van der Waals surface area contributed by atoms with E-state index in [1.807, 2.05) is 16.5 Å². The standard InChI is InChI=1S/C35H36ClF2N5O2S/c1-22-6-7-24(34(2,3)4)18-23(22)19-30-31-32(39-21-42(31)5)41-33(40-30)43-16-14-35(15-17-43,28-20-26(37)10-13-29(28)38)46(44,45)27-11-8-25(36)9-12-27/h6-13,18,20-21H,14-17,19H2,1-5H3. The van der Waals surface area contributed by atoms with E-state index in [9.17, 15) is 12.8 Å². The van der Waals surface area contributed by atoms with Crippen LogP contribution in [-0.4, -0.2) is 41.0 Å². The van der Waals surface area contributed by atoms with Crippen molar-refractivity contribution in [3.8, 4) is 0 Å². The maximum Gasteiger partial charge on any atom is 0.227 e. The molecule has 0 amide bonds. The Hall–Kier alpha value is -3.89. The fraction of sp³-hybridized carbons (Fsp3) is 0.343. The van der Waals surface area contributed by atoms with Gasteiger partial charge in [0.05, 0.1) is 16.9 Å². The van der Waals surface area contributed by atoms with E-state index in [4.69, 9.17) is 21.6 Å². The van der Waals surface area contributed by atoms with E-state index in [1.165, 1.54) is 29.8 Å². The van der Waals surface area contributed by atoms with E-state index < -0.39 is 26.2 Å². The van der Waals surface area contributed by atoms with Crippen LogP contribution in [-0.2, 0) is 33.5 Å². The third kappa shape index (κ3) is 5.66. The summed E-state index contributed by atoms with van der Waals surface area (Å²) in [6.07, 6.45) is 2.24. The molecule has 0 bridgehead atoms. The number of imidazole rings is 1. The van der Waals surface area contributed by atoms with Gasteiger partial charge < -0.3 is 9.47 Å². The number of anilines is 1. The minimum absolute atomic E-state index is 0.00434. The van der Waals surface area contributed by atoms with Crippen LogP contribution >= 0.6 is 11.6 Å². The molecule has 240 valence electrons. The first kappa shape index (κ1) is 32.1. The Kier molecular flexibility index (Phi) is 8.17. The predicted octanol–water partition coefficient (Wildman–Crippen LogP) is 7.46. The Balaban J connectivity index is 1.39. The zero-order valence-corrected chi connectivity index (χ0v) is 28.1. The Morgan fingerprint density at radius 3 is 2.33 bits per heavy atom. The smallest absolute Gasteiger partial charge is 0.227 e. The minimum atomic E-state index is -4.19. The van der Waals surface area contributed by atoms with Crippen molar-refractivity contribution < 1.29 is 17.2 Å². The molecule has 0 aliphatic carbocycles. The molecule has 1 aliphatic heterocycles. The molecule has 0 atom stereocenters. The highest BCUT2D eigenvalue weighted by molar-refractivity contribution is 7.92. The van der Waals surface area contributed by atoms with Crippen LogP contribution in [0.25, 0.3) is 11.2 Å². The van der Waals surface area contributed by atoms with Crippen LogP contribution in [0.5, 0.6) is 0 Å². The molecule has 7 nitrogen and oxygen atoms in total. The summed E-state index contributed by atoms with van der Waals surface area (Å²) in [7, 11) is -2.28. The van der Waals surface area contributed by atoms with Crippen molar-refractivity contribution in [3.05, 3.63) is 112 Å². The van der Waals surface area contributed by atoms with Gasteiger partial charge in [-0.15, -0.1) is 0 Å². The average Bonchev–Trinajstić information content (AvgIpc) is 3.39. The van der Waals surface area contributed by atoms with Crippen molar-refractivity contribution in [3.63, 3.8) is 0 Å².